The van der Waals surface area contributed by atoms with Crippen LogP contribution in [0.25, 0.3) is 104 Å². The number of pyridine rings is 1. The largest absolute Gasteiger partial charge is 0.308 e. The molecule has 0 fully saturated rings. The second-order valence-corrected chi connectivity index (χ2v) is 14.8. The van der Waals surface area contributed by atoms with Crippen molar-refractivity contribution in [3.63, 3.8) is 0 Å². The molecule has 0 atom stereocenters. The highest BCUT2D eigenvalue weighted by atomic mass is 32.1. The van der Waals surface area contributed by atoms with Crippen LogP contribution in [0, 0.1) is 0 Å². The van der Waals surface area contributed by atoms with E-state index in [9.17, 15) is 0 Å². The van der Waals surface area contributed by atoms with Crippen LogP contribution in [0.3, 0.4) is 0 Å². The van der Waals surface area contributed by atoms with Crippen LogP contribution in [0.15, 0.2) is 188 Å². The highest BCUT2D eigenvalue weighted by Gasteiger charge is 2.24. The Balaban J connectivity index is 1.11. The molecule has 5 nitrogen and oxygen atoms in total. The van der Waals surface area contributed by atoms with Crippen molar-refractivity contribution in [1.82, 2.24) is 24.5 Å². The van der Waals surface area contributed by atoms with Crippen LogP contribution >= 0.6 is 11.3 Å². The third kappa shape index (κ3) is 5.30. The fourth-order valence-electron chi connectivity index (χ4n) is 7.87. The van der Waals surface area contributed by atoms with Crippen LogP contribution in [-0.4, -0.2) is 24.5 Å². The van der Waals surface area contributed by atoms with Crippen molar-refractivity contribution in [2.75, 3.05) is 0 Å². The Bertz CT molecular complexity index is 3170. The summed E-state index contributed by atoms with van der Waals surface area (Å²) < 4.78 is 4.93. The molecule has 0 amide bonds. The summed E-state index contributed by atoms with van der Waals surface area (Å²) in [7, 11) is 0. The van der Waals surface area contributed by atoms with E-state index in [2.05, 4.69) is 132 Å². The predicted molar refractivity (Wildman–Crippen MR) is 232 cm³/mol. The molecule has 0 aliphatic carbocycles. The first-order chi connectivity index (χ1) is 27.8. The molecule has 0 spiro atoms. The Labute approximate surface area is 326 Å². The van der Waals surface area contributed by atoms with Crippen LogP contribution < -0.4 is 0 Å². The fraction of sp³-hybridized carbons (Fsp3) is 0. The van der Waals surface area contributed by atoms with Gasteiger partial charge in [0.1, 0.15) is 0 Å². The minimum Gasteiger partial charge on any atom is -0.308 e. The number of aromatic nitrogens is 5. The van der Waals surface area contributed by atoms with Crippen molar-refractivity contribution in [2.24, 2.45) is 0 Å². The average Bonchev–Trinajstić information content (AvgIpc) is 3.82. The second-order valence-electron chi connectivity index (χ2n) is 13.8. The van der Waals surface area contributed by atoms with Crippen molar-refractivity contribution >= 4 is 53.4 Å². The van der Waals surface area contributed by atoms with E-state index < -0.39 is 0 Å². The van der Waals surface area contributed by atoms with Crippen LogP contribution in [0.4, 0.5) is 0 Å². The summed E-state index contributed by atoms with van der Waals surface area (Å²) in [5.74, 6) is 1.92. The molecule has 0 bridgehead atoms. The van der Waals surface area contributed by atoms with Gasteiger partial charge in [0.25, 0.3) is 0 Å². The summed E-state index contributed by atoms with van der Waals surface area (Å²) in [4.78, 5) is 20.3. The quantitative estimate of drug-likeness (QED) is 0.171. The Hall–Kier alpha value is -7.28. The van der Waals surface area contributed by atoms with E-state index in [1.54, 1.807) is 0 Å². The van der Waals surface area contributed by atoms with Crippen molar-refractivity contribution in [3.05, 3.63) is 188 Å². The van der Waals surface area contributed by atoms with Gasteiger partial charge in [0.2, 0.25) is 0 Å². The van der Waals surface area contributed by atoms with Gasteiger partial charge in [0.15, 0.2) is 17.5 Å². The molecule has 0 aliphatic heterocycles. The standard InChI is InChI=1S/C50H31N5S/c1-4-16-33(17-5-1)48-52-49(34-18-6-2-7-19-34)54-50(53-48)35-30-28-32(29-31-35)37-22-10-11-23-38(37)44-43-45-47(56-46(43)39-24-12-14-26-41(39)51-44)40-25-13-15-27-42(40)55(45)36-20-8-3-9-21-36/h1-31H. The Morgan fingerprint density at radius 1 is 0.375 bits per heavy atom. The molecule has 56 heavy (non-hydrogen) atoms. The molecular weight excluding hydrogens is 703 g/mol. The molecule has 4 aromatic heterocycles. The molecule has 0 radical (unpaired) electrons. The van der Waals surface area contributed by atoms with Gasteiger partial charge in [0, 0.05) is 48.8 Å². The molecule has 11 aromatic rings. The summed E-state index contributed by atoms with van der Waals surface area (Å²) in [5.41, 5.74) is 11.6. The van der Waals surface area contributed by atoms with Gasteiger partial charge in [0.05, 0.1) is 26.9 Å². The summed E-state index contributed by atoms with van der Waals surface area (Å²) >= 11 is 1.87. The first-order valence-corrected chi connectivity index (χ1v) is 19.5. The molecule has 6 heteroatoms. The molecule has 0 saturated heterocycles. The first kappa shape index (κ1) is 32.2. The van der Waals surface area contributed by atoms with E-state index in [0.29, 0.717) is 17.5 Å². The lowest BCUT2D eigenvalue weighted by molar-refractivity contribution is 1.07. The van der Waals surface area contributed by atoms with Gasteiger partial charge >= 0.3 is 0 Å². The number of hydrogen-bond acceptors (Lipinski definition) is 5. The van der Waals surface area contributed by atoms with Crippen LogP contribution in [0.5, 0.6) is 0 Å². The smallest absolute Gasteiger partial charge is 0.164 e. The summed E-state index contributed by atoms with van der Waals surface area (Å²) in [5, 5.41) is 3.58. The van der Waals surface area contributed by atoms with Crippen LogP contribution in [0.1, 0.15) is 0 Å². The maximum Gasteiger partial charge on any atom is 0.164 e. The lowest BCUT2D eigenvalue weighted by Gasteiger charge is -2.14. The first-order valence-electron chi connectivity index (χ1n) is 18.7. The number of thiophene rings is 1. The SMILES string of the molecule is c1ccc(-c2nc(-c3ccccc3)nc(-c3ccc(-c4ccccc4-c4nc5ccccc5c5sc6c7ccccc7n(-c7ccccc7)c6c45)cc3)n2)cc1. The van der Waals surface area contributed by atoms with E-state index in [1.165, 1.54) is 36.6 Å². The van der Waals surface area contributed by atoms with E-state index >= 15 is 0 Å². The molecule has 0 aliphatic rings. The number of fused-ring (bicyclic) bond motifs is 7. The Morgan fingerprint density at radius 2 is 0.875 bits per heavy atom. The second kappa shape index (κ2) is 13.2. The van der Waals surface area contributed by atoms with E-state index in [-0.39, 0.29) is 0 Å². The molecule has 0 N–H and O–H groups in total. The van der Waals surface area contributed by atoms with Gasteiger partial charge in [-0.15, -0.1) is 11.3 Å². The molecule has 0 saturated carbocycles. The molecular formula is C50H31N5S. The monoisotopic (exact) mass is 733 g/mol. The topological polar surface area (TPSA) is 56.5 Å². The van der Waals surface area contributed by atoms with Gasteiger partial charge in [-0.05, 0) is 35.4 Å². The molecule has 7 aromatic carbocycles. The highest BCUT2D eigenvalue weighted by Crippen LogP contribution is 2.48. The van der Waals surface area contributed by atoms with Crippen molar-refractivity contribution in [3.8, 4) is 62.2 Å². The maximum absolute atomic E-state index is 5.50. The Morgan fingerprint density at radius 3 is 1.54 bits per heavy atom. The molecule has 11 rings (SSSR count). The third-order valence-electron chi connectivity index (χ3n) is 10.5. The summed E-state index contributed by atoms with van der Waals surface area (Å²) in [6.45, 7) is 0. The van der Waals surface area contributed by atoms with Crippen molar-refractivity contribution in [1.29, 1.82) is 0 Å². The maximum atomic E-state index is 5.50. The molecule has 4 heterocycles. The van der Waals surface area contributed by atoms with Crippen LogP contribution in [0.2, 0.25) is 0 Å². The van der Waals surface area contributed by atoms with Gasteiger partial charge < -0.3 is 4.57 Å². The zero-order valence-corrected chi connectivity index (χ0v) is 30.9. The minimum atomic E-state index is 0.629. The lowest BCUT2D eigenvalue weighted by Crippen LogP contribution is -2.00. The number of para-hydroxylation sites is 3. The number of rotatable bonds is 6. The van der Waals surface area contributed by atoms with Gasteiger partial charge in [-0.3, -0.25) is 0 Å². The zero-order chi connectivity index (χ0) is 37.0. The van der Waals surface area contributed by atoms with Gasteiger partial charge in [-0.2, -0.15) is 0 Å². The van der Waals surface area contributed by atoms with E-state index in [4.69, 9.17) is 19.9 Å². The van der Waals surface area contributed by atoms with Gasteiger partial charge in [-0.1, -0.05) is 164 Å². The minimum absolute atomic E-state index is 0.629. The fourth-order valence-corrected chi connectivity index (χ4v) is 9.22. The molecule has 0 unspecified atom stereocenters. The Kier molecular flexibility index (Phi) is 7.60. The highest BCUT2D eigenvalue weighted by molar-refractivity contribution is 7.27. The summed E-state index contributed by atoms with van der Waals surface area (Å²) in [6, 6.07) is 65.3. The van der Waals surface area contributed by atoms with E-state index in [0.717, 1.165) is 50.3 Å². The number of benzene rings is 7. The third-order valence-corrected chi connectivity index (χ3v) is 11.7. The summed E-state index contributed by atoms with van der Waals surface area (Å²) in [6.07, 6.45) is 0. The van der Waals surface area contributed by atoms with Crippen molar-refractivity contribution in [2.45, 2.75) is 0 Å². The average molecular weight is 734 g/mol. The van der Waals surface area contributed by atoms with Gasteiger partial charge in [-0.25, -0.2) is 19.9 Å². The normalized spacial score (nSPS) is 11.6. The zero-order valence-electron chi connectivity index (χ0n) is 30.0. The lowest BCUT2D eigenvalue weighted by atomic mass is 9.94. The predicted octanol–water partition coefficient (Wildman–Crippen LogP) is 13.1. The van der Waals surface area contributed by atoms with E-state index in [1.807, 2.05) is 72.0 Å². The van der Waals surface area contributed by atoms with Crippen LogP contribution in [-0.2, 0) is 0 Å². The number of nitrogens with zero attached hydrogens (tertiary/aromatic N) is 5. The van der Waals surface area contributed by atoms with Crippen molar-refractivity contribution < 1.29 is 0 Å². The number of hydrogen-bond donors (Lipinski definition) is 0. The molecule has 262 valence electrons.